The zero-order valence-corrected chi connectivity index (χ0v) is 10.2. The first kappa shape index (κ1) is 12.6. The van der Waals surface area contributed by atoms with Crippen molar-refractivity contribution in [3.05, 3.63) is 65.5 Å². The van der Waals surface area contributed by atoms with Crippen LogP contribution in [0.4, 0.5) is 10.1 Å². The van der Waals surface area contributed by atoms with Crippen molar-refractivity contribution in [3.63, 3.8) is 0 Å². The van der Waals surface area contributed by atoms with E-state index >= 15 is 0 Å². The van der Waals surface area contributed by atoms with Crippen LogP contribution in [0.3, 0.4) is 0 Å². The second-order valence-corrected chi connectivity index (χ2v) is 4.07. The Bertz CT molecular complexity index is 571. The highest BCUT2D eigenvalue weighted by molar-refractivity contribution is 6.17. The molecule has 18 heavy (non-hydrogen) atoms. The third-order valence-corrected chi connectivity index (χ3v) is 2.73. The van der Waals surface area contributed by atoms with Gasteiger partial charge in [-0.2, -0.15) is 0 Å². The van der Waals surface area contributed by atoms with Gasteiger partial charge >= 0.3 is 0 Å². The molecule has 0 heterocycles. The highest BCUT2D eigenvalue weighted by Gasteiger charge is 2.06. The number of alkyl halides is 1. The minimum absolute atomic E-state index is 0.285. The summed E-state index contributed by atoms with van der Waals surface area (Å²) in [5.41, 5.74) is 1.79. The molecule has 0 aromatic heterocycles. The number of hydrogen-bond donors (Lipinski definition) is 1. The molecule has 0 saturated heterocycles. The lowest BCUT2D eigenvalue weighted by Gasteiger charge is -2.06. The molecule has 0 aliphatic heterocycles. The van der Waals surface area contributed by atoms with E-state index in [1.54, 1.807) is 30.3 Å². The van der Waals surface area contributed by atoms with Gasteiger partial charge in [0.1, 0.15) is 5.82 Å². The summed E-state index contributed by atoms with van der Waals surface area (Å²) >= 11 is 5.70. The van der Waals surface area contributed by atoms with E-state index in [2.05, 4.69) is 5.32 Å². The molecule has 0 radical (unpaired) electrons. The van der Waals surface area contributed by atoms with E-state index in [1.807, 2.05) is 6.07 Å². The molecule has 0 bridgehead atoms. The van der Waals surface area contributed by atoms with E-state index in [0.717, 1.165) is 5.56 Å². The average molecular weight is 264 g/mol. The van der Waals surface area contributed by atoms with Crippen LogP contribution in [-0.2, 0) is 5.88 Å². The summed E-state index contributed by atoms with van der Waals surface area (Å²) in [5.74, 6) is -0.323. The smallest absolute Gasteiger partial charge is 0.255 e. The summed E-state index contributed by atoms with van der Waals surface area (Å²) in [4.78, 5) is 11.9. The van der Waals surface area contributed by atoms with Crippen LogP contribution in [0.15, 0.2) is 48.5 Å². The van der Waals surface area contributed by atoms with E-state index in [-0.39, 0.29) is 11.7 Å². The monoisotopic (exact) mass is 263 g/mol. The van der Waals surface area contributed by atoms with E-state index in [1.165, 1.54) is 12.1 Å². The summed E-state index contributed by atoms with van der Waals surface area (Å²) in [7, 11) is 0. The maximum absolute atomic E-state index is 13.0. The molecule has 2 rings (SSSR count). The Hall–Kier alpha value is -1.87. The third kappa shape index (κ3) is 3.08. The molecule has 0 aliphatic rings. The third-order valence-electron chi connectivity index (χ3n) is 2.43. The average Bonchev–Trinajstić information content (AvgIpc) is 2.39. The Morgan fingerprint density at radius 2 is 1.94 bits per heavy atom. The van der Waals surface area contributed by atoms with Gasteiger partial charge in [-0.05, 0) is 35.9 Å². The minimum atomic E-state index is -0.387. The summed E-state index contributed by atoms with van der Waals surface area (Å²) in [5, 5.41) is 2.63. The van der Waals surface area contributed by atoms with Crippen molar-refractivity contribution in [2.24, 2.45) is 0 Å². The van der Waals surface area contributed by atoms with Gasteiger partial charge in [-0.15, -0.1) is 11.6 Å². The molecular formula is C14H11ClFNO. The van der Waals surface area contributed by atoms with Gasteiger partial charge in [-0.25, -0.2) is 4.39 Å². The molecule has 0 fully saturated rings. The van der Waals surface area contributed by atoms with Crippen LogP contribution in [0.5, 0.6) is 0 Å². The van der Waals surface area contributed by atoms with E-state index in [0.29, 0.717) is 17.1 Å². The number of benzene rings is 2. The first-order valence-electron chi connectivity index (χ1n) is 5.41. The fourth-order valence-electron chi connectivity index (χ4n) is 1.57. The Morgan fingerprint density at radius 3 is 2.67 bits per heavy atom. The predicted molar refractivity (Wildman–Crippen MR) is 70.4 cm³/mol. The van der Waals surface area contributed by atoms with Crippen molar-refractivity contribution in [2.75, 3.05) is 5.32 Å². The molecule has 2 aromatic rings. The second kappa shape index (κ2) is 5.65. The zero-order chi connectivity index (χ0) is 13.0. The predicted octanol–water partition coefficient (Wildman–Crippen LogP) is 3.82. The van der Waals surface area contributed by atoms with Crippen LogP contribution in [0.2, 0.25) is 0 Å². The Balaban J connectivity index is 2.16. The Morgan fingerprint density at radius 1 is 1.17 bits per heavy atom. The number of amides is 1. The topological polar surface area (TPSA) is 29.1 Å². The molecule has 0 unspecified atom stereocenters. The minimum Gasteiger partial charge on any atom is -0.322 e. The molecule has 2 nitrogen and oxygen atoms in total. The molecule has 4 heteroatoms. The fourth-order valence-corrected chi connectivity index (χ4v) is 1.73. The lowest BCUT2D eigenvalue weighted by atomic mass is 10.1. The van der Waals surface area contributed by atoms with Crippen LogP contribution in [-0.4, -0.2) is 5.91 Å². The number of anilines is 1. The summed E-state index contributed by atoms with van der Waals surface area (Å²) in [6.07, 6.45) is 0. The van der Waals surface area contributed by atoms with Gasteiger partial charge in [0.15, 0.2) is 0 Å². The van der Waals surface area contributed by atoms with Crippen molar-refractivity contribution >= 4 is 23.2 Å². The van der Waals surface area contributed by atoms with Crippen molar-refractivity contribution in [1.29, 1.82) is 0 Å². The van der Waals surface area contributed by atoms with Crippen molar-refractivity contribution in [1.82, 2.24) is 0 Å². The highest BCUT2D eigenvalue weighted by Crippen LogP contribution is 2.13. The number of carbonyl (C=O) groups excluding carboxylic acids is 1. The molecule has 0 atom stereocenters. The molecule has 0 aliphatic carbocycles. The van der Waals surface area contributed by atoms with E-state index in [9.17, 15) is 9.18 Å². The molecule has 1 N–H and O–H groups in total. The molecule has 1 amide bonds. The lowest BCUT2D eigenvalue weighted by molar-refractivity contribution is 0.102. The molecular weight excluding hydrogens is 253 g/mol. The van der Waals surface area contributed by atoms with Crippen LogP contribution >= 0.6 is 11.6 Å². The Kier molecular flexibility index (Phi) is 3.95. The first-order valence-corrected chi connectivity index (χ1v) is 5.94. The van der Waals surface area contributed by atoms with Crippen LogP contribution in [0.25, 0.3) is 0 Å². The summed E-state index contributed by atoms with van der Waals surface area (Å²) < 4.78 is 13.0. The van der Waals surface area contributed by atoms with Crippen molar-refractivity contribution in [3.8, 4) is 0 Å². The van der Waals surface area contributed by atoms with Gasteiger partial charge in [0.05, 0.1) is 0 Å². The highest BCUT2D eigenvalue weighted by atomic mass is 35.5. The number of carbonyl (C=O) groups is 1. The van der Waals surface area contributed by atoms with Gasteiger partial charge in [0, 0.05) is 17.1 Å². The van der Waals surface area contributed by atoms with E-state index < -0.39 is 0 Å². The standard InChI is InChI=1S/C14H11ClFNO/c15-9-10-3-1-4-11(7-10)14(18)17-13-6-2-5-12(16)8-13/h1-8H,9H2,(H,17,18). The number of hydrogen-bond acceptors (Lipinski definition) is 1. The molecule has 92 valence electrons. The molecule has 0 saturated carbocycles. The van der Waals surface area contributed by atoms with Crippen LogP contribution < -0.4 is 5.32 Å². The van der Waals surface area contributed by atoms with Crippen LogP contribution in [0.1, 0.15) is 15.9 Å². The van der Waals surface area contributed by atoms with Gasteiger partial charge in [-0.1, -0.05) is 18.2 Å². The second-order valence-electron chi connectivity index (χ2n) is 3.80. The van der Waals surface area contributed by atoms with Crippen molar-refractivity contribution < 1.29 is 9.18 Å². The summed E-state index contributed by atoms with van der Waals surface area (Å²) in [6, 6.07) is 12.8. The fraction of sp³-hybridized carbons (Fsp3) is 0.0714. The normalized spacial score (nSPS) is 10.1. The zero-order valence-electron chi connectivity index (χ0n) is 9.49. The first-order chi connectivity index (χ1) is 8.69. The lowest BCUT2D eigenvalue weighted by Crippen LogP contribution is -2.12. The molecule has 0 spiro atoms. The van der Waals surface area contributed by atoms with Gasteiger partial charge in [0.25, 0.3) is 5.91 Å². The van der Waals surface area contributed by atoms with Gasteiger partial charge in [0.2, 0.25) is 0 Å². The maximum Gasteiger partial charge on any atom is 0.255 e. The Labute approximate surface area is 109 Å². The van der Waals surface area contributed by atoms with Crippen LogP contribution in [0, 0.1) is 5.82 Å². The largest absolute Gasteiger partial charge is 0.322 e. The number of nitrogens with one attached hydrogen (secondary N) is 1. The molecule has 2 aromatic carbocycles. The summed E-state index contributed by atoms with van der Waals surface area (Å²) in [6.45, 7) is 0. The maximum atomic E-state index is 13.0. The number of halogens is 2. The van der Waals surface area contributed by atoms with E-state index in [4.69, 9.17) is 11.6 Å². The van der Waals surface area contributed by atoms with Gasteiger partial charge < -0.3 is 5.32 Å². The number of rotatable bonds is 3. The SMILES string of the molecule is O=C(Nc1cccc(F)c1)c1cccc(CCl)c1. The van der Waals surface area contributed by atoms with Gasteiger partial charge in [-0.3, -0.25) is 4.79 Å². The van der Waals surface area contributed by atoms with Crippen molar-refractivity contribution in [2.45, 2.75) is 5.88 Å². The quantitative estimate of drug-likeness (QED) is 0.838.